The lowest BCUT2D eigenvalue weighted by Gasteiger charge is -2.23. The van der Waals surface area contributed by atoms with E-state index >= 15 is 0 Å². The number of ether oxygens (including phenoxy) is 1. The molecule has 1 aromatic carbocycles. The van der Waals surface area contributed by atoms with Gasteiger partial charge in [0.05, 0.1) is 7.11 Å². The third kappa shape index (κ3) is 5.03. The Morgan fingerprint density at radius 3 is 2.29 bits per heavy atom. The molecule has 1 aromatic rings. The predicted octanol–water partition coefficient (Wildman–Crippen LogP) is 0.267. The first kappa shape index (κ1) is 22.6. The maximum absolute atomic E-state index is 12.3. The second-order valence-electron chi connectivity index (χ2n) is 5.69. The van der Waals surface area contributed by atoms with Crippen molar-refractivity contribution in [3.8, 4) is 0 Å². The first-order valence-electron chi connectivity index (χ1n) is 8.17. The fourth-order valence-corrected chi connectivity index (χ4v) is 2.48. The first-order chi connectivity index (χ1) is 13.4. The summed E-state index contributed by atoms with van der Waals surface area (Å²) < 4.78 is 4.64. The summed E-state index contributed by atoms with van der Waals surface area (Å²) >= 11 is 0. The lowest BCUT2D eigenvalue weighted by atomic mass is 9.99. The van der Waals surface area contributed by atoms with Crippen molar-refractivity contribution in [3.63, 3.8) is 0 Å². The highest BCUT2D eigenvalue weighted by Crippen LogP contribution is 2.22. The molecule has 0 radical (unpaired) electrons. The van der Waals surface area contributed by atoms with Gasteiger partial charge < -0.3 is 37.0 Å². The second-order valence-corrected chi connectivity index (χ2v) is 5.69. The van der Waals surface area contributed by atoms with Gasteiger partial charge in [0.15, 0.2) is 0 Å². The number of benzene rings is 1. The fraction of sp³-hybridized carbons (Fsp3) is 0.467. The molecule has 0 bridgehead atoms. The number of hydroxylamine groups is 2. The van der Waals surface area contributed by atoms with E-state index in [1.165, 1.54) is 0 Å². The molecule has 0 heterocycles. The van der Waals surface area contributed by atoms with Crippen molar-refractivity contribution >= 4 is 11.8 Å². The summed E-state index contributed by atoms with van der Waals surface area (Å²) in [5.41, 5.74) is 9.15. The third-order valence-corrected chi connectivity index (χ3v) is 3.95. The first-order valence-corrected chi connectivity index (χ1v) is 8.17. The van der Waals surface area contributed by atoms with Crippen molar-refractivity contribution in [2.45, 2.75) is 31.0 Å². The number of amidine groups is 1. The predicted molar refractivity (Wildman–Crippen MR) is 94.3 cm³/mol. The van der Waals surface area contributed by atoms with E-state index in [1.807, 2.05) is 0 Å². The van der Waals surface area contributed by atoms with Gasteiger partial charge in [-0.15, -0.1) is 0 Å². The van der Waals surface area contributed by atoms with Crippen molar-refractivity contribution in [2.75, 3.05) is 13.7 Å². The van der Waals surface area contributed by atoms with Crippen molar-refractivity contribution < 1.29 is 29.7 Å². The van der Waals surface area contributed by atoms with Gasteiger partial charge in [-0.3, -0.25) is 0 Å². The molecule has 28 heavy (non-hydrogen) atoms. The lowest BCUT2D eigenvalue weighted by Crippen LogP contribution is -2.59. The highest BCUT2D eigenvalue weighted by atomic mass is 16.6. The van der Waals surface area contributed by atoms with Crippen LogP contribution in [0.3, 0.4) is 0 Å². The number of esters is 1. The van der Waals surface area contributed by atoms with E-state index in [4.69, 9.17) is 21.9 Å². The Bertz CT molecular complexity index is 720. The van der Waals surface area contributed by atoms with E-state index in [1.54, 1.807) is 30.3 Å². The molecule has 0 fully saturated rings. The van der Waals surface area contributed by atoms with Crippen molar-refractivity contribution in [2.24, 2.45) is 27.0 Å². The van der Waals surface area contributed by atoms with E-state index in [9.17, 15) is 15.2 Å². The Labute approximate surface area is 160 Å². The van der Waals surface area contributed by atoms with Crippen molar-refractivity contribution in [1.82, 2.24) is 0 Å². The van der Waals surface area contributed by atoms with E-state index in [2.05, 4.69) is 20.3 Å². The smallest absolute Gasteiger partial charge is 0.485 e. The van der Waals surface area contributed by atoms with Crippen LogP contribution < -0.4 is 11.5 Å². The zero-order chi connectivity index (χ0) is 21.2. The summed E-state index contributed by atoms with van der Waals surface area (Å²) in [6.07, 6.45) is 0.0176. The summed E-state index contributed by atoms with van der Waals surface area (Å²) in [7, 11) is 1.13. The summed E-state index contributed by atoms with van der Waals surface area (Å²) in [5.74, 6) is -1.49. The van der Waals surface area contributed by atoms with Crippen LogP contribution in [0.1, 0.15) is 18.4 Å². The monoisotopic (exact) mass is 397 g/mol. The number of methoxy groups -OCH3 is 1. The van der Waals surface area contributed by atoms with E-state index in [0.717, 1.165) is 7.11 Å². The number of rotatable bonds is 10. The number of carbonyl (C=O) groups is 1. The Hall–Kier alpha value is -3.48. The Balaban J connectivity index is 3.56. The normalized spacial score (nSPS) is 14.6. The molecule has 0 aliphatic rings. The maximum Gasteiger partial charge on any atom is 0.485 e. The highest BCUT2D eigenvalue weighted by Gasteiger charge is 2.58. The molecule has 0 amide bonds. The van der Waals surface area contributed by atoms with Crippen LogP contribution in [-0.2, 0) is 16.0 Å². The molecular formula is C15H23N7O6. The quantitative estimate of drug-likeness (QED) is 0.0816. The minimum absolute atomic E-state index is 0.121. The number of carbonyl (C=O) groups excluding carboxylic acids is 1. The van der Waals surface area contributed by atoms with Crippen LogP contribution in [-0.4, -0.2) is 57.3 Å². The molecule has 0 saturated heterocycles. The molecule has 0 aromatic heterocycles. The maximum atomic E-state index is 12.3. The fourth-order valence-electron chi connectivity index (χ4n) is 2.48. The third-order valence-electron chi connectivity index (χ3n) is 3.95. The van der Waals surface area contributed by atoms with Gasteiger partial charge in [-0.1, -0.05) is 30.3 Å². The van der Waals surface area contributed by atoms with Gasteiger partial charge in [-0.2, -0.15) is 0 Å². The van der Waals surface area contributed by atoms with Crippen molar-refractivity contribution in [3.05, 3.63) is 46.3 Å². The van der Waals surface area contributed by atoms with E-state index in [0.29, 0.717) is 12.0 Å². The van der Waals surface area contributed by atoms with Crippen LogP contribution in [0.5, 0.6) is 0 Å². The van der Waals surface area contributed by atoms with Gasteiger partial charge >= 0.3 is 11.6 Å². The molecule has 0 aliphatic carbocycles. The number of nitrogens with two attached hydrogens (primary N) is 2. The largest absolute Gasteiger partial charge is 0.592 e. The molecule has 1 atom stereocenters. The van der Waals surface area contributed by atoms with E-state index < -0.39 is 39.7 Å². The molecule has 13 nitrogen and oxygen atoms in total. The van der Waals surface area contributed by atoms with Crippen LogP contribution in [0.25, 0.3) is 0 Å². The van der Waals surface area contributed by atoms with E-state index in [-0.39, 0.29) is 13.0 Å². The Kier molecular flexibility index (Phi) is 8.55. The van der Waals surface area contributed by atoms with Gasteiger partial charge in [-0.25, -0.2) is 9.79 Å². The SMILES string of the molecule is COC(=O)C(CCCN)N=C(N)C(Cc1ccccc1)(/[N+]([O-])=N/O)/[N+]([O-])=N/O. The van der Waals surface area contributed by atoms with Crippen LogP contribution in [0.2, 0.25) is 0 Å². The summed E-state index contributed by atoms with van der Waals surface area (Å²) in [5, 5.41) is 47.5. The average Bonchev–Trinajstić information content (AvgIpc) is 2.73. The Morgan fingerprint density at radius 1 is 1.25 bits per heavy atom. The molecule has 6 N–H and O–H groups in total. The highest BCUT2D eigenvalue weighted by molar-refractivity contribution is 5.90. The van der Waals surface area contributed by atoms with Gasteiger partial charge in [0, 0.05) is 9.72 Å². The molecule has 0 spiro atoms. The summed E-state index contributed by atoms with van der Waals surface area (Å²) in [4.78, 5) is 15.0. The van der Waals surface area contributed by atoms with Gasteiger partial charge in [0.25, 0.3) is 5.84 Å². The topological polar surface area (TPSA) is 208 Å². The zero-order valence-electron chi connectivity index (χ0n) is 15.2. The number of hydrogen-bond donors (Lipinski definition) is 4. The molecule has 154 valence electrons. The van der Waals surface area contributed by atoms with Gasteiger partial charge in [-0.05, 0) is 24.9 Å². The van der Waals surface area contributed by atoms with Crippen LogP contribution in [0.15, 0.2) is 45.9 Å². The molecule has 1 rings (SSSR count). The standard InChI is InChI=1S/C15H23N7O6/c1-28-13(23)12(8-5-9-16)18-14(17)15(21(26)19-24,22(27)20-25)10-11-6-3-2-4-7-11/h2-4,6-7,12,24-25H,5,8-10,16H2,1H3,(H2,17,18)/b21-19-,22-20-. The Morgan fingerprint density at radius 2 is 1.82 bits per heavy atom. The van der Waals surface area contributed by atoms with Crippen LogP contribution in [0, 0.1) is 10.4 Å². The zero-order valence-corrected chi connectivity index (χ0v) is 15.2. The minimum atomic E-state index is -2.60. The molecular weight excluding hydrogens is 374 g/mol. The number of nitrogens with zero attached hydrogens (tertiary/aromatic N) is 5. The molecule has 0 saturated carbocycles. The van der Waals surface area contributed by atoms with Gasteiger partial charge in [0.2, 0.25) is 10.6 Å². The molecule has 0 aliphatic heterocycles. The lowest BCUT2D eigenvalue weighted by molar-refractivity contribution is -0.823. The minimum Gasteiger partial charge on any atom is -0.592 e. The summed E-state index contributed by atoms with van der Waals surface area (Å²) in [6.45, 7) is 0.247. The second kappa shape index (κ2) is 10.6. The average molecular weight is 397 g/mol. The summed E-state index contributed by atoms with van der Waals surface area (Å²) in [6, 6.07) is 6.89. The van der Waals surface area contributed by atoms with Crippen molar-refractivity contribution in [1.29, 1.82) is 0 Å². The van der Waals surface area contributed by atoms with Crippen LogP contribution >= 0.6 is 0 Å². The molecule has 1 unspecified atom stereocenters. The van der Waals surface area contributed by atoms with Gasteiger partial charge in [0.1, 0.15) is 12.5 Å². The number of hydrogen-bond acceptors (Lipinski definition) is 8. The van der Waals surface area contributed by atoms with Crippen LogP contribution in [0.4, 0.5) is 0 Å². The number of aliphatic imine (C=N–C) groups is 1. The molecule has 13 heteroatoms.